The largest absolute Gasteiger partial charge is 0.491 e. The molecule has 0 bridgehead atoms. The van der Waals surface area contributed by atoms with E-state index in [-0.39, 0.29) is 30.4 Å². The quantitative estimate of drug-likeness (QED) is 0.668. The maximum Gasteiger partial charge on any atom is 0.290 e. The van der Waals surface area contributed by atoms with E-state index >= 15 is 0 Å². The minimum atomic E-state index is -3.01. The van der Waals surface area contributed by atoms with Crippen LogP contribution in [0.5, 0.6) is 5.75 Å². The number of halogens is 2. The zero-order valence-electron chi connectivity index (χ0n) is 16.4. The molecule has 30 heavy (non-hydrogen) atoms. The van der Waals surface area contributed by atoms with Gasteiger partial charge in [0.2, 0.25) is 5.95 Å². The minimum absolute atomic E-state index is 0.180. The number of nitrogens with zero attached hydrogens (tertiary/aromatic N) is 3. The maximum absolute atomic E-state index is 14.4. The molecule has 3 aliphatic rings. The van der Waals surface area contributed by atoms with Crippen molar-refractivity contribution in [2.75, 3.05) is 38.3 Å². The smallest absolute Gasteiger partial charge is 0.290 e. The van der Waals surface area contributed by atoms with Gasteiger partial charge in [-0.05, 0) is 18.6 Å². The van der Waals surface area contributed by atoms with Crippen LogP contribution in [0.25, 0.3) is 11.3 Å². The number of alkyl halides is 2. The Morgan fingerprint density at radius 2 is 2.03 bits per heavy atom. The topological polar surface area (TPSA) is 108 Å². The van der Waals surface area contributed by atoms with Crippen LogP contribution in [0.4, 0.5) is 14.7 Å². The van der Waals surface area contributed by atoms with E-state index in [9.17, 15) is 18.7 Å². The first-order chi connectivity index (χ1) is 14.4. The van der Waals surface area contributed by atoms with Crippen molar-refractivity contribution >= 4 is 11.9 Å². The Balaban J connectivity index is 0.00000106. The predicted octanol–water partition coefficient (Wildman–Crippen LogP) is 1.09. The number of rotatable bonds is 2. The molecule has 2 aromatic rings. The lowest BCUT2D eigenvalue weighted by atomic mass is 10.0. The molecule has 5 rings (SSSR count). The number of aromatic nitrogens is 2. The van der Waals surface area contributed by atoms with E-state index in [4.69, 9.17) is 9.84 Å². The summed E-state index contributed by atoms with van der Waals surface area (Å²) >= 11 is 0. The molecule has 1 aromatic heterocycles. The van der Waals surface area contributed by atoms with Crippen molar-refractivity contribution in [3.05, 3.63) is 35.0 Å². The number of amides is 1. The Labute approximate surface area is 171 Å². The molecule has 0 atom stereocenters. The van der Waals surface area contributed by atoms with Crippen molar-refractivity contribution in [2.24, 2.45) is 0 Å². The van der Waals surface area contributed by atoms with Crippen molar-refractivity contribution < 1.29 is 28.5 Å². The molecule has 1 aromatic carbocycles. The Morgan fingerprint density at radius 1 is 1.27 bits per heavy atom. The Bertz CT molecular complexity index is 980. The second-order valence-electron chi connectivity index (χ2n) is 7.28. The number of fused-ring (bicyclic) bond motifs is 2. The van der Waals surface area contributed by atoms with Crippen LogP contribution in [0.1, 0.15) is 28.0 Å². The fourth-order valence-corrected chi connectivity index (χ4v) is 3.81. The third-order valence-electron chi connectivity index (χ3n) is 5.32. The first-order valence-corrected chi connectivity index (χ1v) is 9.65. The summed E-state index contributed by atoms with van der Waals surface area (Å²) in [6, 6.07) is 4.99. The summed E-state index contributed by atoms with van der Waals surface area (Å²) in [5.41, 5.74) is 1.61. The van der Waals surface area contributed by atoms with E-state index in [1.807, 2.05) is 0 Å². The lowest BCUT2D eigenvalue weighted by Gasteiger charge is -2.36. The number of carbonyl (C=O) groups is 1. The fraction of sp³-hybridized carbons (Fsp3) is 0.450. The molecule has 1 saturated heterocycles. The number of ether oxygens (including phenoxy) is 1. The molecule has 1 fully saturated rings. The average Bonchev–Trinajstić information content (AvgIpc) is 2.91. The molecule has 160 valence electrons. The number of aliphatic hydroxyl groups excluding tert-OH is 2. The highest BCUT2D eigenvalue weighted by Gasteiger charge is 2.44. The van der Waals surface area contributed by atoms with Crippen LogP contribution in [0.15, 0.2) is 18.2 Å². The Morgan fingerprint density at radius 3 is 2.77 bits per heavy atom. The van der Waals surface area contributed by atoms with E-state index in [0.717, 1.165) is 7.11 Å². The molecule has 10 heteroatoms. The third kappa shape index (κ3) is 3.46. The van der Waals surface area contributed by atoms with Gasteiger partial charge in [0.05, 0.1) is 23.9 Å². The summed E-state index contributed by atoms with van der Waals surface area (Å²) in [7, 11) is 1.00. The summed E-state index contributed by atoms with van der Waals surface area (Å²) in [5, 5.41) is 19.3. The molecule has 2 aliphatic heterocycles. The van der Waals surface area contributed by atoms with Crippen molar-refractivity contribution in [3.8, 4) is 17.0 Å². The molecule has 0 spiro atoms. The molecule has 0 saturated carbocycles. The van der Waals surface area contributed by atoms with Crippen molar-refractivity contribution in [1.82, 2.24) is 15.3 Å². The van der Waals surface area contributed by atoms with Crippen molar-refractivity contribution in [3.63, 3.8) is 0 Å². The van der Waals surface area contributed by atoms with Crippen LogP contribution in [0.2, 0.25) is 0 Å². The molecule has 8 nitrogen and oxygen atoms in total. The van der Waals surface area contributed by atoms with Gasteiger partial charge in [0.1, 0.15) is 18.1 Å². The van der Waals surface area contributed by atoms with Crippen LogP contribution < -0.4 is 15.0 Å². The standard InChI is InChI=1S/C19H18F2N4O3.CH4O/c20-19(21)4-3-13-15(23-18(24-16(13)19)25-8-11(26)9-25)10-1-2-12-14(7-10)28-6-5-22-17(12)27;1-2/h1-2,7,11,26H,3-6,8-9H2,(H,22,27);2H,1H3. The molecule has 0 radical (unpaired) electrons. The first-order valence-electron chi connectivity index (χ1n) is 9.65. The predicted molar refractivity (Wildman–Crippen MR) is 104 cm³/mol. The molecule has 0 unspecified atom stereocenters. The highest BCUT2D eigenvalue weighted by atomic mass is 19.3. The van der Waals surface area contributed by atoms with Crippen LogP contribution in [-0.2, 0) is 12.3 Å². The van der Waals surface area contributed by atoms with Gasteiger partial charge in [0.15, 0.2) is 0 Å². The summed E-state index contributed by atoms with van der Waals surface area (Å²) in [6.45, 7) is 1.37. The van der Waals surface area contributed by atoms with Crippen molar-refractivity contribution in [2.45, 2.75) is 24.9 Å². The van der Waals surface area contributed by atoms with Crippen LogP contribution >= 0.6 is 0 Å². The van der Waals surface area contributed by atoms with Gasteiger partial charge < -0.3 is 25.2 Å². The molecule has 3 heterocycles. The molecular weight excluding hydrogens is 398 g/mol. The number of carbonyl (C=O) groups excluding carboxylic acids is 1. The molecule has 1 amide bonds. The SMILES string of the molecule is CO.O=C1NCCOc2cc(-c3nc(N4CC(O)C4)nc4c3CCC4(F)F)ccc21. The van der Waals surface area contributed by atoms with Crippen molar-refractivity contribution in [1.29, 1.82) is 0 Å². The third-order valence-corrected chi connectivity index (χ3v) is 5.32. The van der Waals surface area contributed by atoms with Gasteiger partial charge in [-0.25, -0.2) is 9.97 Å². The number of hydrogen-bond acceptors (Lipinski definition) is 7. The lowest BCUT2D eigenvalue weighted by molar-refractivity contribution is -0.00597. The van der Waals surface area contributed by atoms with Gasteiger partial charge in [0, 0.05) is 37.7 Å². The van der Waals surface area contributed by atoms with Crippen LogP contribution in [0, 0.1) is 0 Å². The van der Waals surface area contributed by atoms with Gasteiger partial charge in [-0.1, -0.05) is 6.07 Å². The Hall–Kier alpha value is -2.85. The van der Waals surface area contributed by atoms with E-state index in [1.165, 1.54) is 0 Å². The van der Waals surface area contributed by atoms with E-state index in [0.29, 0.717) is 54.4 Å². The molecule has 1 aliphatic carbocycles. The normalized spacial score (nSPS) is 19.4. The summed E-state index contributed by atoms with van der Waals surface area (Å²) in [5.74, 6) is -2.64. The highest BCUT2D eigenvalue weighted by molar-refractivity contribution is 5.98. The van der Waals surface area contributed by atoms with Gasteiger partial charge in [-0.15, -0.1) is 0 Å². The highest BCUT2D eigenvalue weighted by Crippen LogP contribution is 2.45. The monoisotopic (exact) mass is 420 g/mol. The number of β-amino-alcohol motifs (C(OH)–C–C–N with tert-alkyl or cyclic N) is 1. The fourth-order valence-electron chi connectivity index (χ4n) is 3.81. The lowest BCUT2D eigenvalue weighted by Crippen LogP contribution is -2.51. The zero-order chi connectivity index (χ0) is 21.5. The second kappa shape index (κ2) is 7.77. The molecule has 3 N–H and O–H groups in total. The Kier molecular flexibility index (Phi) is 5.29. The first kappa shape index (κ1) is 20.4. The van der Waals surface area contributed by atoms with E-state index in [1.54, 1.807) is 23.1 Å². The van der Waals surface area contributed by atoms with Gasteiger partial charge in [-0.2, -0.15) is 8.78 Å². The zero-order valence-corrected chi connectivity index (χ0v) is 16.4. The van der Waals surface area contributed by atoms with E-state index in [2.05, 4.69) is 15.3 Å². The molecular formula is C20H22F2N4O4. The van der Waals surface area contributed by atoms with E-state index < -0.39 is 12.0 Å². The summed E-state index contributed by atoms with van der Waals surface area (Å²) in [6.07, 6.45) is -0.626. The van der Waals surface area contributed by atoms with Gasteiger partial charge >= 0.3 is 0 Å². The number of hydrogen-bond donors (Lipinski definition) is 3. The summed E-state index contributed by atoms with van der Waals surface area (Å²) < 4.78 is 34.5. The second-order valence-corrected chi connectivity index (χ2v) is 7.28. The number of benzene rings is 1. The van der Waals surface area contributed by atoms with Crippen LogP contribution in [-0.4, -0.2) is 65.5 Å². The minimum Gasteiger partial charge on any atom is -0.491 e. The van der Waals surface area contributed by atoms with Crippen LogP contribution in [0.3, 0.4) is 0 Å². The number of anilines is 1. The van der Waals surface area contributed by atoms with Gasteiger partial charge in [-0.3, -0.25) is 4.79 Å². The average molecular weight is 420 g/mol. The summed E-state index contributed by atoms with van der Waals surface area (Å²) in [4.78, 5) is 22.4. The van der Waals surface area contributed by atoms with Gasteiger partial charge in [0.25, 0.3) is 11.8 Å². The number of nitrogens with one attached hydrogen (secondary N) is 1. The maximum atomic E-state index is 14.4. The number of aliphatic hydroxyl groups is 2.